The SMILES string of the molecule is CC(C)CCCCCCCCCCOC(=O)C1CCCCC1C(=O)OCCC(C)C. The topological polar surface area (TPSA) is 52.6 Å². The Hall–Kier alpha value is -1.06. The number of esters is 2. The standard InChI is InChI=1S/C26H48O4/c1-21(2)15-11-9-7-5-6-8-10-14-19-29-25(27)23-16-12-13-17-24(23)26(28)30-20-18-22(3)4/h21-24H,5-20H2,1-4H3. The Morgan fingerprint density at radius 3 is 1.57 bits per heavy atom. The highest BCUT2D eigenvalue weighted by Gasteiger charge is 2.37. The third-order valence-corrected chi connectivity index (χ3v) is 6.23. The lowest BCUT2D eigenvalue weighted by molar-refractivity contribution is -0.163. The van der Waals surface area contributed by atoms with E-state index in [-0.39, 0.29) is 23.8 Å². The van der Waals surface area contributed by atoms with Crippen molar-refractivity contribution in [3.8, 4) is 0 Å². The molecular formula is C26H48O4. The number of hydrogen-bond donors (Lipinski definition) is 0. The number of rotatable bonds is 16. The molecule has 176 valence electrons. The molecule has 1 aliphatic rings. The zero-order valence-corrected chi connectivity index (χ0v) is 20.3. The van der Waals surface area contributed by atoms with Gasteiger partial charge in [0, 0.05) is 0 Å². The van der Waals surface area contributed by atoms with Crippen molar-refractivity contribution in [2.45, 2.75) is 118 Å². The Labute approximate surface area is 185 Å². The predicted octanol–water partition coefficient (Wildman–Crippen LogP) is 7.09. The second kappa shape index (κ2) is 16.6. The highest BCUT2D eigenvalue weighted by Crippen LogP contribution is 2.32. The number of unbranched alkanes of at least 4 members (excludes halogenated alkanes) is 7. The average molecular weight is 425 g/mol. The van der Waals surface area contributed by atoms with Crippen molar-refractivity contribution >= 4 is 11.9 Å². The van der Waals surface area contributed by atoms with Crippen LogP contribution in [-0.4, -0.2) is 25.2 Å². The normalized spacial score (nSPS) is 19.3. The number of ether oxygens (including phenoxy) is 2. The Bertz CT molecular complexity index is 458. The van der Waals surface area contributed by atoms with Gasteiger partial charge in [-0.05, 0) is 37.5 Å². The van der Waals surface area contributed by atoms with Crippen molar-refractivity contribution < 1.29 is 19.1 Å². The molecule has 0 bridgehead atoms. The van der Waals surface area contributed by atoms with E-state index in [4.69, 9.17) is 9.47 Å². The number of hydrogen-bond acceptors (Lipinski definition) is 4. The minimum Gasteiger partial charge on any atom is -0.465 e. The van der Waals surface area contributed by atoms with Crippen LogP contribution >= 0.6 is 0 Å². The van der Waals surface area contributed by atoms with Gasteiger partial charge in [-0.15, -0.1) is 0 Å². The van der Waals surface area contributed by atoms with E-state index >= 15 is 0 Å². The molecule has 0 N–H and O–H groups in total. The summed E-state index contributed by atoms with van der Waals surface area (Å²) in [6, 6.07) is 0. The molecule has 1 rings (SSSR count). The molecule has 0 spiro atoms. The maximum absolute atomic E-state index is 12.5. The first kappa shape index (κ1) is 27.0. The molecule has 0 radical (unpaired) electrons. The second-order valence-electron chi connectivity index (χ2n) is 10.0. The van der Waals surface area contributed by atoms with Gasteiger partial charge in [0.05, 0.1) is 25.0 Å². The summed E-state index contributed by atoms with van der Waals surface area (Å²) in [6.45, 7) is 9.75. The molecule has 0 heterocycles. The maximum atomic E-state index is 12.5. The van der Waals surface area contributed by atoms with Crippen molar-refractivity contribution in [1.29, 1.82) is 0 Å². The van der Waals surface area contributed by atoms with Crippen LogP contribution in [-0.2, 0) is 19.1 Å². The average Bonchev–Trinajstić information content (AvgIpc) is 2.71. The van der Waals surface area contributed by atoms with E-state index in [2.05, 4.69) is 27.7 Å². The highest BCUT2D eigenvalue weighted by atomic mass is 16.5. The molecule has 0 aromatic rings. The van der Waals surface area contributed by atoms with Gasteiger partial charge >= 0.3 is 11.9 Å². The van der Waals surface area contributed by atoms with Crippen LogP contribution in [0, 0.1) is 23.7 Å². The van der Waals surface area contributed by atoms with Crippen molar-refractivity contribution in [3.63, 3.8) is 0 Å². The molecule has 0 amide bonds. The van der Waals surface area contributed by atoms with Gasteiger partial charge in [-0.1, -0.05) is 91.9 Å². The summed E-state index contributed by atoms with van der Waals surface area (Å²) in [5, 5.41) is 0. The maximum Gasteiger partial charge on any atom is 0.309 e. The van der Waals surface area contributed by atoms with Crippen LogP contribution in [0.2, 0.25) is 0 Å². The first-order valence-corrected chi connectivity index (χ1v) is 12.7. The minimum absolute atomic E-state index is 0.189. The minimum atomic E-state index is -0.311. The Morgan fingerprint density at radius 1 is 0.633 bits per heavy atom. The van der Waals surface area contributed by atoms with Gasteiger partial charge in [-0.2, -0.15) is 0 Å². The van der Waals surface area contributed by atoms with E-state index < -0.39 is 0 Å². The van der Waals surface area contributed by atoms with Crippen molar-refractivity contribution in [1.82, 2.24) is 0 Å². The fourth-order valence-electron chi connectivity index (χ4n) is 4.19. The zero-order valence-electron chi connectivity index (χ0n) is 20.3. The van der Waals surface area contributed by atoms with Crippen molar-refractivity contribution in [2.75, 3.05) is 13.2 Å². The molecule has 1 saturated carbocycles. The smallest absolute Gasteiger partial charge is 0.309 e. The summed E-state index contributed by atoms with van der Waals surface area (Å²) in [5.41, 5.74) is 0. The van der Waals surface area contributed by atoms with E-state index in [9.17, 15) is 9.59 Å². The van der Waals surface area contributed by atoms with E-state index in [0.29, 0.717) is 19.1 Å². The summed E-state index contributed by atoms with van der Waals surface area (Å²) >= 11 is 0. The molecule has 0 aromatic carbocycles. The van der Waals surface area contributed by atoms with Gasteiger partial charge in [0.2, 0.25) is 0 Å². The lowest BCUT2D eigenvalue weighted by Gasteiger charge is -2.28. The molecule has 30 heavy (non-hydrogen) atoms. The summed E-state index contributed by atoms with van der Waals surface area (Å²) in [7, 11) is 0. The lowest BCUT2D eigenvalue weighted by atomic mass is 9.79. The predicted molar refractivity (Wildman–Crippen MR) is 123 cm³/mol. The monoisotopic (exact) mass is 424 g/mol. The Kier molecular flexibility index (Phi) is 14.9. The number of carbonyl (C=O) groups excluding carboxylic acids is 2. The van der Waals surface area contributed by atoms with Gasteiger partial charge in [-0.25, -0.2) is 0 Å². The Balaban J connectivity index is 2.13. The van der Waals surface area contributed by atoms with Crippen molar-refractivity contribution in [3.05, 3.63) is 0 Å². The largest absolute Gasteiger partial charge is 0.465 e. The molecule has 2 atom stereocenters. The number of carbonyl (C=O) groups is 2. The molecule has 0 aliphatic heterocycles. The summed E-state index contributed by atoms with van der Waals surface area (Å²) in [6.07, 6.45) is 15.6. The second-order valence-corrected chi connectivity index (χ2v) is 10.0. The van der Waals surface area contributed by atoms with Crippen molar-refractivity contribution in [2.24, 2.45) is 23.7 Å². The van der Waals surface area contributed by atoms with Gasteiger partial charge in [-0.3, -0.25) is 9.59 Å². The lowest BCUT2D eigenvalue weighted by Crippen LogP contribution is -2.35. The molecule has 0 saturated heterocycles. The molecule has 0 aromatic heterocycles. The zero-order chi connectivity index (χ0) is 22.2. The third kappa shape index (κ3) is 12.6. The first-order chi connectivity index (χ1) is 14.4. The summed E-state index contributed by atoms with van der Waals surface area (Å²) in [5.74, 6) is 0.323. The Morgan fingerprint density at radius 2 is 1.07 bits per heavy atom. The third-order valence-electron chi connectivity index (χ3n) is 6.23. The van der Waals surface area contributed by atoms with Crippen LogP contribution in [0.15, 0.2) is 0 Å². The van der Waals surface area contributed by atoms with Gasteiger partial charge in [0.1, 0.15) is 0 Å². The fourth-order valence-corrected chi connectivity index (χ4v) is 4.19. The van der Waals surface area contributed by atoms with Crippen LogP contribution in [0.3, 0.4) is 0 Å². The van der Waals surface area contributed by atoms with Crippen LogP contribution in [0.4, 0.5) is 0 Å². The van der Waals surface area contributed by atoms with Crippen LogP contribution < -0.4 is 0 Å². The fraction of sp³-hybridized carbons (Fsp3) is 0.923. The summed E-state index contributed by atoms with van der Waals surface area (Å²) in [4.78, 5) is 25.0. The molecule has 4 nitrogen and oxygen atoms in total. The van der Waals surface area contributed by atoms with Crippen LogP contribution in [0.25, 0.3) is 0 Å². The van der Waals surface area contributed by atoms with Gasteiger partial charge in [0.25, 0.3) is 0 Å². The van der Waals surface area contributed by atoms with E-state index in [1.165, 1.54) is 44.9 Å². The van der Waals surface area contributed by atoms with Gasteiger partial charge < -0.3 is 9.47 Å². The molecule has 1 aliphatic carbocycles. The van der Waals surface area contributed by atoms with Crippen LogP contribution in [0.5, 0.6) is 0 Å². The van der Waals surface area contributed by atoms with E-state index in [1.807, 2.05) is 0 Å². The van der Waals surface area contributed by atoms with E-state index in [1.54, 1.807) is 0 Å². The van der Waals surface area contributed by atoms with Crippen LogP contribution in [0.1, 0.15) is 118 Å². The van der Waals surface area contributed by atoms with Gasteiger partial charge in [0.15, 0.2) is 0 Å². The molecule has 1 fully saturated rings. The summed E-state index contributed by atoms with van der Waals surface area (Å²) < 4.78 is 11.0. The highest BCUT2D eigenvalue weighted by molar-refractivity contribution is 5.82. The molecule has 4 heteroatoms. The first-order valence-electron chi connectivity index (χ1n) is 12.7. The molecular weight excluding hydrogens is 376 g/mol. The molecule has 2 unspecified atom stereocenters. The quantitative estimate of drug-likeness (QED) is 0.196. The van der Waals surface area contributed by atoms with E-state index in [0.717, 1.165) is 50.9 Å².